The molecule has 1 fully saturated rings. The van der Waals surface area contributed by atoms with Crippen LogP contribution in [-0.4, -0.2) is 6.04 Å². The molecule has 0 aromatic rings. The van der Waals surface area contributed by atoms with Crippen LogP contribution >= 0.6 is 0 Å². The van der Waals surface area contributed by atoms with E-state index in [9.17, 15) is 0 Å². The van der Waals surface area contributed by atoms with Crippen LogP contribution < -0.4 is 5.73 Å². The molecule has 2 N–H and O–H groups in total. The Kier molecular flexibility index (Phi) is 6.74. The Morgan fingerprint density at radius 3 is 2.47 bits per heavy atom. The Labute approximate surface area is 95.1 Å². The lowest BCUT2D eigenvalue weighted by Gasteiger charge is -2.20. The van der Waals surface area contributed by atoms with Crippen LogP contribution in [0.3, 0.4) is 0 Å². The minimum atomic E-state index is 0.478. The molecule has 0 radical (unpaired) electrons. The van der Waals surface area contributed by atoms with Crippen molar-refractivity contribution in [1.29, 1.82) is 0 Å². The first-order chi connectivity index (χ1) is 7.33. The summed E-state index contributed by atoms with van der Waals surface area (Å²) in [6, 6.07) is 0.478. The monoisotopic (exact) mass is 209 g/mol. The average Bonchev–Trinajstić information content (AvgIpc) is 2.26. The topological polar surface area (TPSA) is 26.0 Å². The van der Waals surface area contributed by atoms with Gasteiger partial charge < -0.3 is 5.73 Å². The molecule has 0 amide bonds. The summed E-state index contributed by atoms with van der Waals surface area (Å²) in [6.07, 6.45) is 15.7. The van der Waals surface area contributed by atoms with Crippen molar-refractivity contribution in [2.24, 2.45) is 5.73 Å². The maximum atomic E-state index is 5.88. The Balaban J connectivity index is 2.00. The lowest BCUT2D eigenvalue weighted by molar-refractivity contribution is 0.509. The quantitative estimate of drug-likeness (QED) is 0.515. The molecule has 1 heteroatoms. The number of nitrogens with two attached hydrogens (primary N) is 1. The van der Waals surface area contributed by atoms with Gasteiger partial charge >= 0.3 is 0 Å². The first-order valence-corrected chi connectivity index (χ1v) is 6.76. The van der Waals surface area contributed by atoms with E-state index in [-0.39, 0.29) is 0 Å². The van der Waals surface area contributed by atoms with Crippen LogP contribution in [0.15, 0.2) is 11.6 Å². The fourth-order valence-electron chi connectivity index (χ4n) is 2.27. The third-order valence-electron chi connectivity index (χ3n) is 3.41. The molecular formula is C14H27N. The second-order valence-electron chi connectivity index (χ2n) is 4.90. The fourth-order valence-corrected chi connectivity index (χ4v) is 2.27. The van der Waals surface area contributed by atoms with Crippen molar-refractivity contribution >= 4 is 0 Å². The molecule has 1 saturated carbocycles. The van der Waals surface area contributed by atoms with E-state index in [4.69, 9.17) is 5.73 Å². The van der Waals surface area contributed by atoms with Crippen molar-refractivity contribution in [2.45, 2.75) is 77.2 Å². The molecule has 0 saturated heterocycles. The lowest BCUT2D eigenvalue weighted by atomic mass is 9.90. The van der Waals surface area contributed by atoms with Crippen molar-refractivity contribution in [3.63, 3.8) is 0 Å². The highest BCUT2D eigenvalue weighted by atomic mass is 14.6. The summed E-state index contributed by atoms with van der Waals surface area (Å²) in [5, 5.41) is 0. The minimum Gasteiger partial charge on any atom is -0.328 e. The Morgan fingerprint density at radius 1 is 1.13 bits per heavy atom. The largest absolute Gasteiger partial charge is 0.328 e. The molecule has 88 valence electrons. The molecule has 0 unspecified atom stereocenters. The van der Waals surface area contributed by atoms with Gasteiger partial charge in [0.05, 0.1) is 0 Å². The van der Waals surface area contributed by atoms with Crippen LogP contribution in [0.1, 0.15) is 71.1 Å². The smallest absolute Gasteiger partial charge is 0.00449 e. The van der Waals surface area contributed by atoms with E-state index in [1.165, 1.54) is 64.2 Å². The van der Waals surface area contributed by atoms with Gasteiger partial charge in [-0.3, -0.25) is 0 Å². The lowest BCUT2D eigenvalue weighted by Crippen LogP contribution is -2.23. The summed E-state index contributed by atoms with van der Waals surface area (Å²) in [6.45, 7) is 2.27. The molecule has 0 aromatic heterocycles. The molecule has 1 aliphatic carbocycles. The maximum absolute atomic E-state index is 5.88. The molecule has 0 bridgehead atoms. The van der Waals surface area contributed by atoms with Gasteiger partial charge in [-0.15, -0.1) is 0 Å². The Bertz CT molecular complexity index is 174. The van der Waals surface area contributed by atoms with Crippen LogP contribution in [0.25, 0.3) is 0 Å². The van der Waals surface area contributed by atoms with Crippen molar-refractivity contribution in [3.05, 3.63) is 11.6 Å². The normalized spacial score (nSPS) is 21.7. The van der Waals surface area contributed by atoms with E-state index in [2.05, 4.69) is 13.0 Å². The summed E-state index contributed by atoms with van der Waals surface area (Å²) in [7, 11) is 0. The van der Waals surface area contributed by atoms with E-state index < -0.39 is 0 Å². The predicted octanol–water partition coefficient (Wildman–Crippen LogP) is 4.17. The van der Waals surface area contributed by atoms with Crippen molar-refractivity contribution in [1.82, 2.24) is 0 Å². The zero-order valence-electron chi connectivity index (χ0n) is 10.3. The van der Waals surface area contributed by atoms with E-state index >= 15 is 0 Å². The summed E-state index contributed by atoms with van der Waals surface area (Å²) in [4.78, 5) is 0. The van der Waals surface area contributed by atoms with Gasteiger partial charge in [0, 0.05) is 6.04 Å². The Morgan fingerprint density at radius 2 is 1.80 bits per heavy atom. The molecule has 1 aliphatic rings. The second kappa shape index (κ2) is 7.92. The van der Waals surface area contributed by atoms with Gasteiger partial charge in [0.25, 0.3) is 0 Å². The first kappa shape index (κ1) is 12.8. The average molecular weight is 209 g/mol. The van der Waals surface area contributed by atoms with Gasteiger partial charge in [-0.1, -0.05) is 44.3 Å². The highest BCUT2D eigenvalue weighted by Crippen LogP contribution is 2.23. The van der Waals surface area contributed by atoms with Crippen LogP contribution in [0.5, 0.6) is 0 Å². The summed E-state index contributed by atoms with van der Waals surface area (Å²) >= 11 is 0. The standard InChI is InChI=1S/C14H27N/c1-2-3-4-5-6-7-8-13-9-11-14(15)12-10-13/h8,14H,2-7,9-12,15H2,1H3. The van der Waals surface area contributed by atoms with Crippen LogP contribution in [0.2, 0.25) is 0 Å². The molecule has 0 heterocycles. The summed E-state index contributed by atoms with van der Waals surface area (Å²) in [5.74, 6) is 0. The van der Waals surface area contributed by atoms with E-state index in [1.807, 2.05) is 0 Å². The third-order valence-corrected chi connectivity index (χ3v) is 3.41. The molecule has 0 aliphatic heterocycles. The van der Waals surface area contributed by atoms with Gasteiger partial charge in [-0.2, -0.15) is 0 Å². The number of hydrogen-bond acceptors (Lipinski definition) is 1. The van der Waals surface area contributed by atoms with Gasteiger partial charge in [-0.05, 0) is 38.5 Å². The number of hydrogen-bond donors (Lipinski definition) is 1. The van der Waals surface area contributed by atoms with Crippen LogP contribution in [0.4, 0.5) is 0 Å². The first-order valence-electron chi connectivity index (χ1n) is 6.76. The molecular weight excluding hydrogens is 182 g/mol. The minimum absolute atomic E-state index is 0.478. The molecule has 0 atom stereocenters. The van der Waals surface area contributed by atoms with Crippen molar-refractivity contribution < 1.29 is 0 Å². The number of allylic oxidation sites excluding steroid dienone is 2. The van der Waals surface area contributed by atoms with Gasteiger partial charge in [-0.25, -0.2) is 0 Å². The van der Waals surface area contributed by atoms with Gasteiger partial charge in [0.1, 0.15) is 0 Å². The van der Waals surface area contributed by atoms with Gasteiger partial charge in [0.2, 0.25) is 0 Å². The summed E-state index contributed by atoms with van der Waals surface area (Å²) in [5.41, 5.74) is 7.55. The number of rotatable bonds is 6. The van der Waals surface area contributed by atoms with Gasteiger partial charge in [0.15, 0.2) is 0 Å². The van der Waals surface area contributed by atoms with E-state index in [0.717, 1.165) is 0 Å². The van der Waals surface area contributed by atoms with Crippen molar-refractivity contribution in [3.8, 4) is 0 Å². The molecule has 0 spiro atoms. The fraction of sp³-hybridized carbons (Fsp3) is 0.857. The molecule has 1 rings (SSSR count). The van der Waals surface area contributed by atoms with Crippen LogP contribution in [-0.2, 0) is 0 Å². The zero-order valence-corrected chi connectivity index (χ0v) is 10.3. The van der Waals surface area contributed by atoms with E-state index in [0.29, 0.717) is 6.04 Å². The summed E-state index contributed by atoms with van der Waals surface area (Å²) < 4.78 is 0. The third kappa shape index (κ3) is 5.99. The predicted molar refractivity (Wildman–Crippen MR) is 67.9 cm³/mol. The van der Waals surface area contributed by atoms with Crippen molar-refractivity contribution in [2.75, 3.05) is 0 Å². The molecule has 15 heavy (non-hydrogen) atoms. The molecule has 0 aromatic carbocycles. The van der Waals surface area contributed by atoms with E-state index in [1.54, 1.807) is 5.57 Å². The highest BCUT2D eigenvalue weighted by Gasteiger charge is 2.11. The highest BCUT2D eigenvalue weighted by molar-refractivity contribution is 5.05. The Hall–Kier alpha value is -0.300. The SMILES string of the molecule is CCCCCCCC=C1CCC(N)CC1. The zero-order chi connectivity index (χ0) is 10.9. The number of unbranched alkanes of at least 4 members (excludes halogenated alkanes) is 5. The molecule has 1 nitrogen and oxygen atoms in total. The second-order valence-corrected chi connectivity index (χ2v) is 4.90. The maximum Gasteiger partial charge on any atom is 0.00449 e. The van der Waals surface area contributed by atoms with Crippen LogP contribution in [0, 0.1) is 0 Å².